The molecule has 0 aliphatic carbocycles. The van der Waals surface area contributed by atoms with Gasteiger partial charge in [0.2, 0.25) is 0 Å². The van der Waals surface area contributed by atoms with Crippen LogP contribution in [0.1, 0.15) is 11.3 Å². The maximum atomic E-state index is 13.3. The first kappa shape index (κ1) is 12.4. The smallest absolute Gasteiger partial charge is 0.186 e. The van der Waals surface area contributed by atoms with Gasteiger partial charge in [0.15, 0.2) is 17.5 Å². The first-order valence-electron chi connectivity index (χ1n) is 5.49. The molecular formula is C13H14FN3O. The van der Waals surface area contributed by atoms with Gasteiger partial charge < -0.3 is 10.5 Å². The number of benzene rings is 1. The van der Waals surface area contributed by atoms with Gasteiger partial charge in [-0.05, 0) is 12.5 Å². The van der Waals surface area contributed by atoms with Crippen molar-refractivity contribution in [1.29, 1.82) is 0 Å². The fourth-order valence-electron chi connectivity index (χ4n) is 1.63. The third-order valence-corrected chi connectivity index (χ3v) is 2.57. The molecule has 94 valence electrons. The summed E-state index contributed by atoms with van der Waals surface area (Å²) in [6.07, 6.45) is 0. The Kier molecular flexibility index (Phi) is 3.53. The van der Waals surface area contributed by atoms with Crippen LogP contribution in [-0.2, 0) is 11.3 Å². The normalized spacial score (nSPS) is 10.6. The highest BCUT2D eigenvalue weighted by Gasteiger charge is 2.09. The SMILES string of the molecule is COCc1ccc(-c2nc(C)c(F)c(N)n2)cc1. The third kappa shape index (κ3) is 2.46. The van der Waals surface area contributed by atoms with E-state index in [2.05, 4.69) is 9.97 Å². The molecule has 0 atom stereocenters. The van der Waals surface area contributed by atoms with Crippen LogP contribution < -0.4 is 5.73 Å². The fourth-order valence-corrected chi connectivity index (χ4v) is 1.63. The second-order valence-corrected chi connectivity index (χ2v) is 3.96. The molecule has 0 fully saturated rings. The van der Waals surface area contributed by atoms with Crippen molar-refractivity contribution in [2.24, 2.45) is 0 Å². The number of aromatic nitrogens is 2. The highest BCUT2D eigenvalue weighted by atomic mass is 19.1. The molecule has 4 nitrogen and oxygen atoms in total. The van der Waals surface area contributed by atoms with E-state index >= 15 is 0 Å². The Hall–Kier alpha value is -2.01. The van der Waals surface area contributed by atoms with Crippen molar-refractivity contribution in [3.8, 4) is 11.4 Å². The third-order valence-electron chi connectivity index (χ3n) is 2.57. The maximum absolute atomic E-state index is 13.3. The van der Waals surface area contributed by atoms with Crippen molar-refractivity contribution in [2.75, 3.05) is 12.8 Å². The summed E-state index contributed by atoms with van der Waals surface area (Å²) in [7, 11) is 1.64. The van der Waals surface area contributed by atoms with Crippen molar-refractivity contribution in [1.82, 2.24) is 9.97 Å². The van der Waals surface area contributed by atoms with E-state index in [9.17, 15) is 4.39 Å². The number of nitrogen functional groups attached to an aromatic ring is 1. The van der Waals surface area contributed by atoms with E-state index in [1.54, 1.807) is 14.0 Å². The number of aryl methyl sites for hydroxylation is 1. The lowest BCUT2D eigenvalue weighted by atomic mass is 10.1. The van der Waals surface area contributed by atoms with E-state index in [1.165, 1.54) is 0 Å². The summed E-state index contributed by atoms with van der Waals surface area (Å²) >= 11 is 0. The lowest BCUT2D eigenvalue weighted by molar-refractivity contribution is 0.185. The number of anilines is 1. The molecule has 0 radical (unpaired) electrons. The molecule has 18 heavy (non-hydrogen) atoms. The van der Waals surface area contributed by atoms with E-state index in [1.807, 2.05) is 24.3 Å². The molecule has 2 N–H and O–H groups in total. The molecule has 0 unspecified atom stereocenters. The summed E-state index contributed by atoms with van der Waals surface area (Å²) in [6.45, 7) is 2.11. The van der Waals surface area contributed by atoms with Gasteiger partial charge in [-0.2, -0.15) is 0 Å². The number of nitrogens with zero attached hydrogens (tertiary/aromatic N) is 2. The number of hydrogen-bond acceptors (Lipinski definition) is 4. The highest BCUT2D eigenvalue weighted by Crippen LogP contribution is 2.20. The van der Waals surface area contributed by atoms with Crippen LogP contribution in [0.5, 0.6) is 0 Å². The Labute approximate surface area is 105 Å². The number of methoxy groups -OCH3 is 1. The topological polar surface area (TPSA) is 61.0 Å². The van der Waals surface area contributed by atoms with Crippen molar-refractivity contribution >= 4 is 5.82 Å². The molecule has 0 spiro atoms. The number of rotatable bonds is 3. The number of ether oxygens (including phenoxy) is 1. The molecule has 0 saturated carbocycles. The Morgan fingerprint density at radius 2 is 1.89 bits per heavy atom. The summed E-state index contributed by atoms with van der Waals surface area (Å²) in [5.41, 5.74) is 7.58. The van der Waals surface area contributed by atoms with E-state index < -0.39 is 5.82 Å². The molecule has 1 heterocycles. The van der Waals surface area contributed by atoms with Crippen LogP contribution in [0.4, 0.5) is 10.2 Å². The Morgan fingerprint density at radius 3 is 2.44 bits per heavy atom. The van der Waals surface area contributed by atoms with E-state index in [-0.39, 0.29) is 11.5 Å². The van der Waals surface area contributed by atoms with Crippen LogP contribution in [0.2, 0.25) is 0 Å². The molecule has 0 aliphatic rings. The first-order valence-corrected chi connectivity index (χ1v) is 5.49. The Bertz CT molecular complexity index is 532. The van der Waals surface area contributed by atoms with Gasteiger partial charge in [0.1, 0.15) is 0 Å². The molecule has 0 saturated heterocycles. The van der Waals surface area contributed by atoms with Gasteiger partial charge in [-0.15, -0.1) is 0 Å². The predicted molar refractivity (Wildman–Crippen MR) is 67.3 cm³/mol. The van der Waals surface area contributed by atoms with Crippen LogP contribution >= 0.6 is 0 Å². The van der Waals surface area contributed by atoms with Crippen molar-refractivity contribution in [3.63, 3.8) is 0 Å². The molecule has 5 heteroatoms. The minimum Gasteiger partial charge on any atom is -0.381 e. The lowest BCUT2D eigenvalue weighted by Crippen LogP contribution is -2.03. The van der Waals surface area contributed by atoms with Crippen molar-refractivity contribution < 1.29 is 9.13 Å². The zero-order valence-electron chi connectivity index (χ0n) is 10.3. The quantitative estimate of drug-likeness (QED) is 0.904. The zero-order chi connectivity index (χ0) is 13.1. The lowest BCUT2D eigenvalue weighted by Gasteiger charge is -2.06. The largest absolute Gasteiger partial charge is 0.381 e. The molecule has 2 aromatic rings. The van der Waals surface area contributed by atoms with E-state index in [4.69, 9.17) is 10.5 Å². The molecule has 0 amide bonds. The minimum absolute atomic E-state index is 0.126. The van der Waals surface area contributed by atoms with Crippen LogP contribution in [-0.4, -0.2) is 17.1 Å². The molecule has 0 bridgehead atoms. The fraction of sp³-hybridized carbons (Fsp3) is 0.231. The van der Waals surface area contributed by atoms with E-state index in [0.717, 1.165) is 11.1 Å². The van der Waals surface area contributed by atoms with Crippen LogP contribution in [0.25, 0.3) is 11.4 Å². The minimum atomic E-state index is -0.560. The predicted octanol–water partition coefficient (Wildman–Crippen LogP) is 2.32. The van der Waals surface area contributed by atoms with Gasteiger partial charge >= 0.3 is 0 Å². The highest BCUT2D eigenvalue weighted by molar-refractivity contribution is 5.57. The number of halogens is 1. The Balaban J connectivity index is 2.36. The van der Waals surface area contributed by atoms with Gasteiger partial charge in [0.25, 0.3) is 0 Å². The van der Waals surface area contributed by atoms with Gasteiger partial charge in [-0.1, -0.05) is 24.3 Å². The first-order chi connectivity index (χ1) is 8.61. The summed E-state index contributed by atoms with van der Waals surface area (Å²) < 4.78 is 18.4. The van der Waals surface area contributed by atoms with E-state index in [0.29, 0.717) is 12.4 Å². The summed E-state index contributed by atoms with van der Waals surface area (Å²) in [5, 5.41) is 0. The average molecular weight is 247 g/mol. The second-order valence-electron chi connectivity index (χ2n) is 3.96. The molecule has 0 aliphatic heterocycles. The molecule has 1 aromatic heterocycles. The van der Waals surface area contributed by atoms with Crippen LogP contribution in [0.15, 0.2) is 24.3 Å². The summed E-state index contributed by atoms with van der Waals surface area (Å²) in [6, 6.07) is 7.55. The van der Waals surface area contributed by atoms with Gasteiger partial charge in [0.05, 0.1) is 12.3 Å². The standard InChI is InChI=1S/C13H14FN3O/c1-8-11(14)12(15)17-13(16-8)10-5-3-9(4-6-10)7-18-2/h3-6H,7H2,1-2H3,(H2,15,16,17). The molecule has 2 rings (SSSR count). The Morgan fingerprint density at radius 1 is 1.22 bits per heavy atom. The second kappa shape index (κ2) is 5.10. The summed E-state index contributed by atoms with van der Waals surface area (Å²) in [5.74, 6) is -0.261. The van der Waals surface area contributed by atoms with Gasteiger partial charge in [-0.3, -0.25) is 0 Å². The van der Waals surface area contributed by atoms with Gasteiger partial charge in [-0.25, -0.2) is 14.4 Å². The van der Waals surface area contributed by atoms with Crippen LogP contribution in [0.3, 0.4) is 0 Å². The average Bonchev–Trinajstić information content (AvgIpc) is 2.37. The zero-order valence-corrected chi connectivity index (χ0v) is 10.3. The van der Waals surface area contributed by atoms with Crippen molar-refractivity contribution in [3.05, 3.63) is 41.3 Å². The van der Waals surface area contributed by atoms with Gasteiger partial charge in [0, 0.05) is 12.7 Å². The number of nitrogens with two attached hydrogens (primary N) is 1. The summed E-state index contributed by atoms with van der Waals surface area (Å²) in [4.78, 5) is 8.02. The maximum Gasteiger partial charge on any atom is 0.186 e. The molecular weight excluding hydrogens is 233 g/mol. The number of hydrogen-bond donors (Lipinski definition) is 1. The molecule has 1 aromatic carbocycles. The van der Waals surface area contributed by atoms with Crippen molar-refractivity contribution in [2.45, 2.75) is 13.5 Å². The monoisotopic (exact) mass is 247 g/mol. The van der Waals surface area contributed by atoms with Crippen LogP contribution in [0, 0.1) is 12.7 Å².